The van der Waals surface area contributed by atoms with E-state index >= 15 is 0 Å². The molecule has 7 rings (SSSR count). The number of rotatable bonds is 10. The fourth-order valence-corrected chi connectivity index (χ4v) is 8.82. The molecule has 5 heteroatoms. The van der Waals surface area contributed by atoms with Crippen LogP contribution in [0.2, 0.25) is 0 Å². The maximum atomic E-state index is 7.46. The summed E-state index contributed by atoms with van der Waals surface area (Å²) < 4.78 is 7.46. The van der Waals surface area contributed by atoms with Crippen molar-refractivity contribution in [3.05, 3.63) is 151 Å². The van der Waals surface area contributed by atoms with Crippen LogP contribution in [0.3, 0.4) is 0 Å². The van der Waals surface area contributed by atoms with Crippen molar-refractivity contribution in [2.75, 3.05) is 0 Å². The lowest BCUT2D eigenvalue weighted by Crippen LogP contribution is -2.27. The molecule has 0 spiro atoms. The van der Waals surface area contributed by atoms with E-state index in [1.165, 1.54) is 89.5 Å². The first-order chi connectivity index (χ1) is 24.1. The Morgan fingerprint density at radius 3 is 1.06 bits per heavy atom. The van der Waals surface area contributed by atoms with Gasteiger partial charge in [0.05, 0.1) is 11.8 Å². The fourth-order valence-electron chi connectivity index (χ4n) is 8.82. The Hall–Kier alpha value is -4.64. The summed E-state index contributed by atoms with van der Waals surface area (Å²) in [5.41, 5.74) is 20.1. The van der Waals surface area contributed by atoms with E-state index in [1.807, 2.05) is 0 Å². The van der Waals surface area contributed by atoms with Crippen molar-refractivity contribution in [2.45, 2.75) is 112 Å². The van der Waals surface area contributed by atoms with Gasteiger partial charge in [0.1, 0.15) is 11.5 Å². The molecule has 0 fully saturated rings. The Morgan fingerprint density at radius 1 is 0.500 bits per heavy atom. The summed E-state index contributed by atoms with van der Waals surface area (Å²) in [4.78, 5) is 15.0. The highest BCUT2D eigenvalue weighted by Gasteiger charge is 2.41. The van der Waals surface area contributed by atoms with E-state index in [2.05, 4.69) is 150 Å². The smallest absolute Gasteiger partial charge is 0.135 e. The van der Waals surface area contributed by atoms with Crippen molar-refractivity contribution in [1.82, 2.24) is 19.9 Å². The first kappa shape index (κ1) is 33.8. The Balaban J connectivity index is 1.48. The third-order valence-electron chi connectivity index (χ3n) is 12.1. The summed E-state index contributed by atoms with van der Waals surface area (Å²) in [5, 5.41) is 0. The van der Waals surface area contributed by atoms with Gasteiger partial charge in [-0.1, -0.05) is 77.9 Å². The van der Waals surface area contributed by atoms with Crippen LogP contribution in [0.5, 0.6) is 11.5 Å². The van der Waals surface area contributed by atoms with Crippen molar-refractivity contribution in [3.63, 3.8) is 0 Å². The van der Waals surface area contributed by atoms with Gasteiger partial charge in [-0.25, -0.2) is 0 Å². The summed E-state index contributed by atoms with van der Waals surface area (Å²) in [6.07, 6.45) is 12.7. The number of fused-ring (bicyclic) bond motifs is 2. The zero-order valence-corrected chi connectivity index (χ0v) is 31.7. The molecule has 1 aliphatic heterocycles. The third kappa shape index (κ3) is 5.11. The van der Waals surface area contributed by atoms with E-state index in [-0.39, 0.29) is 17.3 Å². The monoisotopic (exact) mass is 666 g/mol. The molecule has 4 N–H and O–H groups in total. The Morgan fingerprint density at radius 2 is 0.800 bits per heavy atom. The van der Waals surface area contributed by atoms with Gasteiger partial charge in [-0.3, -0.25) is 0 Å². The van der Waals surface area contributed by atoms with E-state index in [1.54, 1.807) is 0 Å². The van der Waals surface area contributed by atoms with Gasteiger partial charge in [0.2, 0.25) is 0 Å². The van der Waals surface area contributed by atoms with Crippen LogP contribution in [-0.4, -0.2) is 19.9 Å². The van der Waals surface area contributed by atoms with E-state index in [0.29, 0.717) is 0 Å². The molecular formula is C45H54N4O. The van der Waals surface area contributed by atoms with Crippen molar-refractivity contribution >= 4 is 0 Å². The molecule has 6 aromatic rings. The summed E-state index contributed by atoms with van der Waals surface area (Å²) in [6, 6.07) is 13.6. The molecule has 50 heavy (non-hydrogen) atoms. The highest BCUT2D eigenvalue weighted by atomic mass is 16.5. The average Bonchev–Trinajstić information content (AvgIpc) is 3.88. The van der Waals surface area contributed by atoms with E-state index in [4.69, 9.17) is 4.74 Å². The summed E-state index contributed by atoms with van der Waals surface area (Å²) >= 11 is 0. The number of aromatic nitrogens is 4. The second-order valence-electron chi connectivity index (χ2n) is 14.9. The number of aromatic amines is 4. The van der Waals surface area contributed by atoms with Crippen molar-refractivity contribution in [3.8, 4) is 11.5 Å². The number of para-hydroxylation sites is 2. The van der Waals surface area contributed by atoms with Gasteiger partial charge in [-0.2, -0.15) is 0 Å². The molecule has 5 heterocycles. The zero-order valence-electron chi connectivity index (χ0n) is 31.7. The van der Waals surface area contributed by atoms with Crippen LogP contribution in [-0.2, 0) is 31.1 Å². The van der Waals surface area contributed by atoms with Gasteiger partial charge in [0, 0.05) is 75.2 Å². The summed E-state index contributed by atoms with van der Waals surface area (Å²) in [5.74, 6) is 1.85. The molecule has 2 aromatic carbocycles. The maximum Gasteiger partial charge on any atom is 0.135 e. The summed E-state index contributed by atoms with van der Waals surface area (Å²) in [6.45, 7) is 22.7. The fraction of sp³-hybridized carbons (Fsp3) is 0.378. The SMILES string of the molecule is CCc1c[nH]c(C(c2cccc3c2Oc2c(C(c4[nH]cc(CC)c4C)c4[nH]cc(CC)c4C)cccc2C3(C)C)c2[nH]cc(CC)c2C)c1C. The second kappa shape index (κ2) is 12.9. The van der Waals surface area contributed by atoms with Crippen LogP contribution in [0.15, 0.2) is 61.2 Å². The lowest BCUT2D eigenvalue weighted by Gasteiger charge is -2.38. The summed E-state index contributed by atoms with van der Waals surface area (Å²) in [7, 11) is 0. The minimum atomic E-state index is -0.290. The first-order valence-electron chi connectivity index (χ1n) is 18.7. The molecule has 0 aliphatic carbocycles. The van der Waals surface area contributed by atoms with Crippen molar-refractivity contribution < 1.29 is 4.74 Å². The molecule has 0 amide bonds. The Labute approximate surface area is 298 Å². The lowest BCUT2D eigenvalue weighted by atomic mass is 9.72. The van der Waals surface area contributed by atoms with Gasteiger partial charge >= 0.3 is 0 Å². The molecule has 0 radical (unpaired) electrons. The molecule has 0 atom stereocenters. The molecule has 4 aromatic heterocycles. The zero-order chi connectivity index (χ0) is 35.5. The highest BCUT2D eigenvalue weighted by molar-refractivity contribution is 5.66. The van der Waals surface area contributed by atoms with Crippen LogP contribution in [0.4, 0.5) is 0 Å². The molecule has 0 bridgehead atoms. The predicted molar refractivity (Wildman–Crippen MR) is 207 cm³/mol. The standard InChI is InChI=1S/C45H54N4O/c1-11-29-21-46-39(25(29)5)37(40-26(6)30(12-2)22-47-40)33-17-15-19-35-43(33)50-44-34(18-16-20-36(44)45(35,9)10)38(41-27(7)31(13-3)23-48-41)42-28(8)32(14-4)24-49-42/h15-24,37-38,46-49H,11-14H2,1-10H3. The number of hydrogen-bond donors (Lipinski definition) is 4. The minimum absolute atomic E-state index is 0.0404. The van der Waals surface area contributed by atoms with Crippen LogP contribution in [0, 0.1) is 27.7 Å². The molecule has 0 unspecified atom stereocenters. The van der Waals surface area contributed by atoms with Gasteiger partial charge in [-0.05, 0) is 97.9 Å². The Bertz CT molecular complexity index is 1930. The quantitative estimate of drug-likeness (QED) is 0.115. The number of H-pyrrole nitrogens is 4. The van der Waals surface area contributed by atoms with Crippen LogP contribution >= 0.6 is 0 Å². The second-order valence-corrected chi connectivity index (χ2v) is 14.9. The number of benzene rings is 2. The van der Waals surface area contributed by atoms with Gasteiger partial charge in [0.25, 0.3) is 0 Å². The molecule has 5 nitrogen and oxygen atoms in total. The topological polar surface area (TPSA) is 72.4 Å². The van der Waals surface area contributed by atoms with Crippen LogP contribution in [0.1, 0.15) is 143 Å². The van der Waals surface area contributed by atoms with Crippen molar-refractivity contribution in [2.24, 2.45) is 0 Å². The lowest BCUT2D eigenvalue weighted by molar-refractivity contribution is 0.406. The normalized spacial score (nSPS) is 13.6. The molecule has 0 saturated carbocycles. The Kier molecular flexibility index (Phi) is 8.74. The highest BCUT2D eigenvalue weighted by Crippen LogP contribution is 2.55. The number of ether oxygens (including phenoxy) is 1. The largest absolute Gasteiger partial charge is 0.456 e. The van der Waals surface area contributed by atoms with Crippen LogP contribution in [0.25, 0.3) is 0 Å². The molecule has 1 aliphatic rings. The number of nitrogens with one attached hydrogen (secondary N) is 4. The molecular weight excluding hydrogens is 613 g/mol. The van der Waals surface area contributed by atoms with Gasteiger partial charge < -0.3 is 24.7 Å². The number of hydrogen-bond acceptors (Lipinski definition) is 1. The average molecular weight is 667 g/mol. The first-order valence-corrected chi connectivity index (χ1v) is 18.7. The van der Waals surface area contributed by atoms with E-state index in [0.717, 1.165) is 37.2 Å². The van der Waals surface area contributed by atoms with Crippen LogP contribution < -0.4 is 4.74 Å². The minimum Gasteiger partial charge on any atom is -0.456 e. The number of aryl methyl sites for hydroxylation is 4. The van der Waals surface area contributed by atoms with E-state index in [9.17, 15) is 0 Å². The maximum absolute atomic E-state index is 7.46. The van der Waals surface area contributed by atoms with E-state index < -0.39 is 0 Å². The van der Waals surface area contributed by atoms with Gasteiger partial charge in [0.15, 0.2) is 0 Å². The molecule has 0 saturated heterocycles. The van der Waals surface area contributed by atoms with Crippen molar-refractivity contribution in [1.29, 1.82) is 0 Å². The predicted octanol–water partition coefficient (Wildman–Crippen LogP) is 11.3. The third-order valence-corrected chi connectivity index (χ3v) is 12.1. The molecule has 260 valence electrons. The van der Waals surface area contributed by atoms with Gasteiger partial charge in [-0.15, -0.1) is 0 Å².